The Morgan fingerprint density at radius 2 is 1.79 bits per heavy atom. The van der Waals surface area contributed by atoms with Gasteiger partial charge in [0.25, 0.3) is 0 Å². The quantitative estimate of drug-likeness (QED) is 0.637. The van der Waals surface area contributed by atoms with Gasteiger partial charge in [0, 0.05) is 18.6 Å². The molecule has 3 nitrogen and oxygen atoms in total. The van der Waals surface area contributed by atoms with Crippen LogP contribution in [0.3, 0.4) is 0 Å². The molecule has 0 radical (unpaired) electrons. The molecule has 0 bridgehead atoms. The van der Waals surface area contributed by atoms with Crippen LogP contribution in [0.15, 0.2) is 24.3 Å². The van der Waals surface area contributed by atoms with E-state index in [4.69, 9.17) is 9.47 Å². The molecule has 1 saturated heterocycles. The maximum Gasteiger partial charge on any atom is 0.395 e. The average Bonchev–Trinajstić information content (AvgIpc) is 2.58. The van der Waals surface area contributed by atoms with E-state index in [2.05, 4.69) is 31.3 Å². The number of alkyl halides is 3. The molecule has 1 aromatic carbocycles. The van der Waals surface area contributed by atoms with Gasteiger partial charge in [-0.1, -0.05) is 18.6 Å². The van der Waals surface area contributed by atoms with Crippen LogP contribution in [0.25, 0.3) is 0 Å². The highest BCUT2D eigenvalue weighted by molar-refractivity contribution is 5.33. The Morgan fingerprint density at radius 3 is 2.29 bits per heavy atom. The van der Waals surface area contributed by atoms with Gasteiger partial charge < -0.3 is 14.8 Å². The van der Waals surface area contributed by atoms with E-state index in [0.717, 1.165) is 25.0 Å². The van der Waals surface area contributed by atoms with Gasteiger partial charge in [-0.05, 0) is 70.2 Å². The third-order valence-electron chi connectivity index (χ3n) is 6.70. The van der Waals surface area contributed by atoms with Crippen LogP contribution in [-0.2, 0) is 10.2 Å². The maximum absolute atomic E-state index is 13.4. The molecule has 1 atom stereocenters. The molecule has 1 aliphatic carbocycles. The average molecular weight is 399 g/mol. The first-order valence-corrected chi connectivity index (χ1v) is 10.2. The van der Waals surface area contributed by atoms with Crippen molar-refractivity contribution >= 4 is 0 Å². The summed E-state index contributed by atoms with van der Waals surface area (Å²) in [6.45, 7) is 5.43. The Hall–Kier alpha value is -1.27. The van der Waals surface area contributed by atoms with Crippen LogP contribution in [0.1, 0.15) is 57.9 Å². The molecule has 1 aromatic rings. The van der Waals surface area contributed by atoms with E-state index in [-0.39, 0.29) is 30.4 Å². The lowest BCUT2D eigenvalue weighted by atomic mass is 9.66. The third-order valence-corrected chi connectivity index (χ3v) is 6.70. The van der Waals surface area contributed by atoms with Crippen molar-refractivity contribution in [3.8, 4) is 5.75 Å². The lowest BCUT2D eigenvalue weighted by Gasteiger charge is -2.46. The molecular weight excluding hydrogens is 367 g/mol. The summed E-state index contributed by atoms with van der Waals surface area (Å²) in [6.07, 6.45) is -0.454. The van der Waals surface area contributed by atoms with Crippen LogP contribution in [0, 0.1) is 5.41 Å². The van der Waals surface area contributed by atoms with Gasteiger partial charge in [0.1, 0.15) is 5.75 Å². The number of ether oxygens (including phenoxy) is 2. The first-order chi connectivity index (χ1) is 13.1. The summed E-state index contributed by atoms with van der Waals surface area (Å²) < 4.78 is 51.3. The van der Waals surface area contributed by atoms with Crippen LogP contribution in [0.5, 0.6) is 5.75 Å². The molecule has 0 spiro atoms. The van der Waals surface area contributed by atoms with Gasteiger partial charge >= 0.3 is 6.18 Å². The molecule has 6 heteroatoms. The Bertz CT molecular complexity index is 653. The summed E-state index contributed by atoms with van der Waals surface area (Å²) >= 11 is 0. The van der Waals surface area contributed by atoms with Crippen molar-refractivity contribution < 1.29 is 22.6 Å². The fourth-order valence-corrected chi connectivity index (χ4v) is 4.85. The van der Waals surface area contributed by atoms with E-state index in [1.165, 1.54) is 5.56 Å². The second-order valence-corrected chi connectivity index (χ2v) is 9.10. The third kappa shape index (κ3) is 4.33. The molecule has 0 aromatic heterocycles. The van der Waals surface area contributed by atoms with Gasteiger partial charge in [-0.3, -0.25) is 0 Å². The van der Waals surface area contributed by atoms with Gasteiger partial charge in [-0.2, -0.15) is 13.2 Å². The van der Waals surface area contributed by atoms with Crippen LogP contribution in [0.2, 0.25) is 0 Å². The van der Waals surface area contributed by atoms with Crippen molar-refractivity contribution in [3.05, 3.63) is 29.8 Å². The molecule has 3 rings (SSSR count). The summed E-state index contributed by atoms with van der Waals surface area (Å²) in [7, 11) is 1.64. The highest BCUT2D eigenvalue weighted by Gasteiger charge is 2.57. The number of benzene rings is 1. The van der Waals surface area contributed by atoms with Crippen molar-refractivity contribution in [2.75, 3.05) is 26.8 Å². The van der Waals surface area contributed by atoms with E-state index in [1.807, 2.05) is 12.1 Å². The van der Waals surface area contributed by atoms with Gasteiger partial charge in [0.2, 0.25) is 0 Å². The summed E-state index contributed by atoms with van der Waals surface area (Å²) in [4.78, 5) is 0. The highest BCUT2D eigenvalue weighted by atomic mass is 19.4. The molecule has 2 fully saturated rings. The van der Waals surface area contributed by atoms with Gasteiger partial charge in [-0.15, -0.1) is 0 Å². The van der Waals surface area contributed by atoms with E-state index >= 15 is 0 Å². The topological polar surface area (TPSA) is 30.5 Å². The first kappa shape index (κ1) is 21.4. The van der Waals surface area contributed by atoms with Crippen molar-refractivity contribution in [2.24, 2.45) is 5.41 Å². The lowest BCUT2D eigenvalue weighted by Crippen LogP contribution is -2.51. The molecule has 1 aliphatic heterocycles. The van der Waals surface area contributed by atoms with Crippen LogP contribution in [0.4, 0.5) is 13.2 Å². The summed E-state index contributed by atoms with van der Waals surface area (Å²) in [5.74, 6) is 0.806. The Labute approximate surface area is 166 Å². The molecule has 0 unspecified atom stereocenters. The molecule has 28 heavy (non-hydrogen) atoms. The number of rotatable bonds is 7. The fourth-order valence-electron chi connectivity index (χ4n) is 4.85. The number of hydrogen-bond donors (Lipinski definition) is 1. The predicted molar refractivity (Wildman–Crippen MR) is 104 cm³/mol. The summed E-state index contributed by atoms with van der Waals surface area (Å²) in [6, 6.07) is 8.09. The molecule has 1 saturated carbocycles. The molecule has 1 heterocycles. The van der Waals surface area contributed by atoms with Crippen LogP contribution >= 0.6 is 0 Å². The minimum absolute atomic E-state index is 0.0229. The minimum atomic E-state index is -4.12. The summed E-state index contributed by atoms with van der Waals surface area (Å²) in [5, 5.41) is 3.14. The van der Waals surface area contributed by atoms with E-state index < -0.39 is 11.6 Å². The summed E-state index contributed by atoms with van der Waals surface area (Å²) in [5.41, 5.74) is -0.665. The van der Waals surface area contributed by atoms with Gasteiger partial charge in [0.05, 0.1) is 18.1 Å². The van der Waals surface area contributed by atoms with E-state index in [1.54, 1.807) is 7.11 Å². The number of hydrogen-bond acceptors (Lipinski definition) is 3. The van der Waals surface area contributed by atoms with Gasteiger partial charge in [-0.25, -0.2) is 0 Å². The zero-order valence-electron chi connectivity index (χ0n) is 17.1. The molecule has 1 N–H and O–H groups in total. The molecule has 158 valence electrons. The lowest BCUT2D eigenvalue weighted by molar-refractivity contribution is -0.248. The number of methoxy groups -OCH3 is 1. The van der Waals surface area contributed by atoms with Crippen molar-refractivity contribution in [1.29, 1.82) is 0 Å². The van der Waals surface area contributed by atoms with Crippen molar-refractivity contribution in [1.82, 2.24) is 5.32 Å². The second-order valence-electron chi connectivity index (χ2n) is 9.10. The number of nitrogens with one attached hydrogen (secondary N) is 1. The smallest absolute Gasteiger partial charge is 0.395 e. The number of halogens is 3. The molecular formula is C22H32F3NO2. The monoisotopic (exact) mass is 399 g/mol. The van der Waals surface area contributed by atoms with Gasteiger partial charge in [0.15, 0.2) is 0 Å². The first-order valence-electron chi connectivity index (χ1n) is 10.2. The Morgan fingerprint density at radius 1 is 1.11 bits per heavy atom. The minimum Gasteiger partial charge on any atom is -0.497 e. The van der Waals surface area contributed by atoms with Crippen molar-refractivity contribution in [3.63, 3.8) is 0 Å². The zero-order valence-corrected chi connectivity index (χ0v) is 17.1. The Balaban J connectivity index is 1.69. The largest absolute Gasteiger partial charge is 0.497 e. The fraction of sp³-hybridized carbons (Fsp3) is 0.727. The van der Waals surface area contributed by atoms with Crippen LogP contribution in [-0.4, -0.2) is 38.6 Å². The maximum atomic E-state index is 13.4. The Kier molecular flexibility index (Phi) is 6.02. The second kappa shape index (κ2) is 7.86. The molecule has 0 amide bonds. The van der Waals surface area contributed by atoms with Crippen LogP contribution < -0.4 is 10.1 Å². The molecule has 2 aliphatic rings. The normalized spacial score (nSPS) is 26.5. The van der Waals surface area contributed by atoms with E-state index in [9.17, 15) is 13.2 Å². The SMILES string of the molecule is COc1ccc([C@]2(CCNCC3(C(F)(F)F)CCC3)CCOC(C)(C)C2)cc1. The van der Waals surface area contributed by atoms with Crippen molar-refractivity contribution in [2.45, 2.75) is 69.6 Å². The predicted octanol–water partition coefficient (Wildman–Crippen LogP) is 5.23. The van der Waals surface area contributed by atoms with E-state index in [0.29, 0.717) is 19.6 Å². The standard InChI is InChI=1S/C22H32F3NO2/c1-19(2)15-20(12-14-28-19,17-5-7-18(27-3)8-6-17)11-13-26-16-21(9-4-10-21)22(23,24)25/h5-8,26H,4,9-16H2,1-3H3/t20-/m1/s1. The highest BCUT2D eigenvalue weighted by Crippen LogP contribution is 2.52. The zero-order chi connectivity index (χ0) is 20.5.